The largest absolute Gasteiger partial charge is 0.481 e. The van der Waals surface area contributed by atoms with Gasteiger partial charge in [0.25, 0.3) is 0 Å². The molecule has 3 N–H and O–H groups in total. The first-order chi connectivity index (χ1) is 17.0. The fourth-order valence-electron chi connectivity index (χ4n) is 4.36. The van der Waals surface area contributed by atoms with Crippen LogP contribution in [0.2, 0.25) is 0 Å². The number of aliphatic carboxylic acids is 1. The van der Waals surface area contributed by atoms with Gasteiger partial charge in [0.1, 0.15) is 0 Å². The smallest absolute Gasteiger partial charge is 0.306 e. The van der Waals surface area contributed by atoms with Gasteiger partial charge in [-0.25, -0.2) is 4.68 Å². The second-order valence-electron chi connectivity index (χ2n) is 8.70. The molecule has 0 bridgehead atoms. The van der Waals surface area contributed by atoms with Gasteiger partial charge in [0.15, 0.2) is 5.82 Å². The zero-order chi connectivity index (χ0) is 24.6. The molecular formula is C25H30N6O4. The Kier molecular flexibility index (Phi) is 8.17. The zero-order valence-electron chi connectivity index (χ0n) is 19.5. The van der Waals surface area contributed by atoms with Gasteiger partial charge in [-0.2, -0.15) is 0 Å². The van der Waals surface area contributed by atoms with Gasteiger partial charge in [-0.3, -0.25) is 9.59 Å². The number of aromatic nitrogens is 4. The average Bonchev–Trinajstić information content (AvgIpc) is 3.32. The summed E-state index contributed by atoms with van der Waals surface area (Å²) in [6, 6.07) is 17.3. The number of carboxylic acid groups (broad SMARTS) is 1. The van der Waals surface area contributed by atoms with Gasteiger partial charge in [-0.05, 0) is 40.0 Å². The average molecular weight is 479 g/mol. The number of hydrogen-bond donors (Lipinski definition) is 3. The normalized spacial score (nSPS) is 14.8. The van der Waals surface area contributed by atoms with E-state index in [9.17, 15) is 14.7 Å². The Morgan fingerprint density at radius 2 is 1.80 bits per heavy atom. The Morgan fingerprint density at radius 3 is 2.57 bits per heavy atom. The summed E-state index contributed by atoms with van der Waals surface area (Å²) in [5, 5.41) is 34.3. The number of carboxylic acids is 1. The molecule has 2 atom stereocenters. The number of benzene rings is 2. The van der Waals surface area contributed by atoms with E-state index < -0.39 is 18.1 Å². The summed E-state index contributed by atoms with van der Waals surface area (Å²) < 4.78 is 1.66. The molecule has 0 spiro atoms. The van der Waals surface area contributed by atoms with Crippen LogP contribution in [0.3, 0.4) is 0 Å². The maximum absolute atomic E-state index is 12.8. The highest BCUT2D eigenvalue weighted by molar-refractivity contribution is 5.76. The molecule has 3 aromatic rings. The third-order valence-electron chi connectivity index (χ3n) is 6.16. The van der Waals surface area contributed by atoms with Crippen LogP contribution in [-0.4, -0.2) is 66.4 Å². The quantitative estimate of drug-likeness (QED) is 0.378. The molecule has 0 saturated heterocycles. The van der Waals surface area contributed by atoms with Crippen LogP contribution in [0.5, 0.6) is 0 Å². The number of aliphatic hydroxyl groups excluding tert-OH is 1. The topological polar surface area (TPSA) is 133 Å². The van der Waals surface area contributed by atoms with Crippen LogP contribution in [0.15, 0.2) is 54.6 Å². The Bertz CT molecular complexity index is 1140. The number of fused-ring (bicyclic) bond motifs is 1. The molecule has 35 heavy (non-hydrogen) atoms. The van der Waals surface area contributed by atoms with Gasteiger partial charge in [-0.1, -0.05) is 54.6 Å². The second kappa shape index (κ2) is 11.7. The molecular weight excluding hydrogens is 448 g/mol. The third-order valence-corrected chi connectivity index (χ3v) is 6.16. The lowest BCUT2D eigenvalue weighted by atomic mass is 9.99. The van der Waals surface area contributed by atoms with Crippen LogP contribution in [-0.2, 0) is 29.1 Å². The number of hydrogen-bond acceptors (Lipinski definition) is 7. The van der Waals surface area contributed by atoms with Crippen LogP contribution in [0.4, 0.5) is 0 Å². The number of carbonyl (C=O) groups is 2. The Labute approximate surface area is 203 Å². The van der Waals surface area contributed by atoms with Crippen molar-refractivity contribution in [1.29, 1.82) is 0 Å². The van der Waals surface area contributed by atoms with Crippen molar-refractivity contribution in [2.75, 3.05) is 13.1 Å². The van der Waals surface area contributed by atoms with Crippen LogP contribution in [0.25, 0.3) is 0 Å². The Morgan fingerprint density at radius 1 is 1.06 bits per heavy atom. The Hall–Kier alpha value is -3.63. The Balaban J connectivity index is 1.37. The van der Waals surface area contributed by atoms with Crippen molar-refractivity contribution in [3.05, 3.63) is 77.1 Å². The van der Waals surface area contributed by atoms with Crippen LogP contribution < -0.4 is 5.32 Å². The highest BCUT2D eigenvalue weighted by atomic mass is 16.4. The van der Waals surface area contributed by atoms with E-state index >= 15 is 0 Å². The second-order valence-corrected chi connectivity index (χ2v) is 8.70. The van der Waals surface area contributed by atoms with Gasteiger partial charge in [0.2, 0.25) is 5.91 Å². The molecule has 184 valence electrons. The molecule has 1 amide bonds. The molecule has 2 heterocycles. The standard InChI is InChI=1S/C25H30N6O4/c32-21(15-23(34)35)16-26-24(19-8-2-1-3-9-19)25-27-28-29-31(25)13-6-11-22(33)30-14-12-18-7-4-5-10-20(18)17-30/h1-5,7-10,21,24,26,32H,6,11-17H2,(H,34,35). The predicted molar refractivity (Wildman–Crippen MR) is 127 cm³/mol. The number of amides is 1. The highest BCUT2D eigenvalue weighted by Gasteiger charge is 2.24. The van der Waals surface area contributed by atoms with E-state index in [1.165, 1.54) is 11.1 Å². The van der Waals surface area contributed by atoms with Crippen molar-refractivity contribution >= 4 is 11.9 Å². The van der Waals surface area contributed by atoms with Crippen molar-refractivity contribution in [2.24, 2.45) is 0 Å². The summed E-state index contributed by atoms with van der Waals surface area (Å²) >= 11 is 0. The van der Waals surface area contributed by atoms with Crippen molar-refractivity contribution in [3.63, 3.8) is 0 Å². The van der Waals surface area contributed by atoms with Gasteiger partial charge in [0.05, 0.1) is 18.6 Å². The molecule has 2 unspecified atom stereocenters. The lowest BCUT2D eigenvalue weighted by Gasteiger charge is -2.29. The summed E-state index contributed by atoms with van der Waals surface area (Å²) in [6.45, 7) is 1.89. The number of rotatable bonds is 11. The molecule has 2 aromatic carbocycles. The lowest BCUT2D eigenvalue weighted by Crippen LogP contribution is -2.36. The van der Waals surface area contributed by atoms with Crippen molar-refractivity contribution < 1.29 is 19.8 Å². The maximum Gasteiger partial charge on any atom is 0.306 e. The van der Waals surface area contributed by atoms with Crippen LogP contribution >= 0.6 is 0 Å². The fourth-order valence-corrected chi connectivity index (χ4v) is 4.36. The number of aryl methyl sites for hydroxylation is 1. The van der Waals surface area contributed by atoms with Crippen molar-refractivity contribution in [1.82, 2.24) is 30.4 Å². The molecule has 0 radical (unpaired) electrons. The number of nitrogens with zero attached hydrogens (tertiary/aromatic N) is 5. The molecule has 4 rings (SSSR count). The monoisotopic (exact) mass is 478 g/mol. The van der Waals surface area contributed by atoms with Crippen LogP contribution in [0.1, 0.15) is 47.8 Å². The minimum Gasteiger partial charge on any atom is -0.481 e. The van der Waals surface area contributed by atoms with E-state index in [2.05, 4.69) is 33.0 Å². The zero-order valence-corrected chi connectivity index (χ0v) is 19.5. The molecule has 10 nitrogen and oxygen atoms in total. The molecule has 10 heteroatoms. The number of aliphatic hydroxyl groups is 1. The summed E-state index contributed by atoms with van der Waals surface area (Å²) in [5.41, 5.74) is 3.40. The van der Waals surface area contributed by atoms with E-state index in [1.54, 1.807) is 4.68 Å². The molecule has 1 aromatic heterocycles. The van der Waals surface area contributed by atoms with Crippen LogP contribution in [0, 0.1) is 0 Å². The van der Waals surface area contributed by atoms with Gasteiger partial charge in [0, 0.05) is 32.6 Å². The molecule has 0 fully saturated rings. The van der Waals surface area contributed by atoms with Gasteiger partial charge >= 0.3 is 5.97 Å². The van der Waals surface area contributed by atoms with E-state index in [0.717, 1.165) is 18.5 Å². The minimum absolute atomic E-state index is 0.0631. The first-order valence-electron chi connectivity index (χ1n) is 11.8. The van der Waals surface area contributed by atoms with Gasteiger partial charge in [-0.15, -0.1) is 5.10 Å². The SMILES string of the molecule is O=C(O)CC(O)CNC(c1ccccc1)c1nnnn1CCCC(=O)N1CCc2ccccc2C1. The summed E-state index contributed by atoms with van der Waals surface area (Å²) in [6.07, 6.45) is 0.440. The predicted octanol–water partition coefficient (Wildman–Crippen LogP) is 1.55. The van der Waals surface area contributed by atoms with Crippen molar-refractivity contribution in [3.8, 4) is 0 Å². The first kappa shape index (κ1) is 24.5. The van der Waals surface area contributed by atoms with E-state index in [4.69, 9.17) is 5.11 Å². The number of nitrogens with one attached hydrogen (secondary N) is 1. The lowest BCUT2D eigenvalue weighted by molar-refractivity contribution is -0.139. The molecule has 0 saturated carbocycles. The third kappa shape index (κ3) is 6.49. The number of carbonyl (C=O) groups excluding carboxylic acids is 1. The summed E-state index contributed by atoms with van der Waals surface area (Å²) in [7, 11) is 0. The highest BCUT2D eigenvalue weighted by Crippen LogP contribution is 2.21. The summed E-state index contributed by atoms with van der Waals surface area (Å²) in [4.78, 5) is 25.6. The molecule has 0 aliphatic carbocycles. The molecule has 1 aliphatic heterocycles. The first-order valence-corrected chi connectivity index (χ1v) is 11.8. The van der Waals surface area contributed by atoms with E-state index in [1.807, 2.05) is 47.4 Å². The van der Waals surface area contributed by atoms with E-state index in [0.29, 0.717) is 31.8 Å². The number of tetrazole rings is 1. The van der Waals surface area contributed by atoms with Crippen molar-refractivity contribution in [2.45, 2.75) is 50.9 Å². The minimum atomic E-state index is -1.07. The maximum atomic E-state index is 12.8. The van der Waals surface area contributed by atoms with E-state index in [-0.39, 0.29) is 18.9 Å². The summed E-state index contributed by atoms with van der Waals surface area (Å²) in [5.74, 6) is -0.413. The van der Waals surface area contributed by atoms with Gasteiger partial charge < -0.3 is 20.4 Å². The molecule has 1 aliphatic rings. The fraction of sp³-hybridized carbons (Fsp3) is 0.400.